The maximum Gasteiger partial charge on any atom is 0.131 e. The minimum atomic E-state index is -0.623. The van der Waals surface area contributed by atoms with E-state index in [2.05, 4.69) is 5.32 Å². The van der Waals surface area contributed by atoms with Crippen molar-refractivity contribution in [3.05, 3.63) is 59.2 Å². The number of rotatable bonds is 3. The molecule has 2 aromatic carbocycles. The van der Waals surface area contributed by atoms with Crippen LogP contribution in [0.4, 0.5) is 20.2 Å². The molecular weight excluding hydrogens is 248 g/mol. The van der Waals surface area contributed by atoms with Crippen molar-refractivity contribution in [2.45, 2.75) is 6.54 Å². The van der Waals surface area contributed by atoms with Crippen LogP contribution in [0.5, 0.6) is 0 Å². The number of anilines is 2. The molecule has 0 aromatic heterocycles. The normalized spacial score (nSPS) is 9.95. The third-order valence-electron chi connectivity index (χ3n) is 2.67. The van der Waals surface area contributed by atoms with Crippen molar-refractivity contribution in [3.63, 3.8) is 0 Å². The van der Waals surface area contributed by atoms with E-state index in [1.54, 1.807) is 18.2 Å². The van der Waals surface area contributed by atoms with Crippen LogP contribution < -0.4 is 11.1 Å². The van der Waals surface area contributed by atoms with Crippen LogP contribution in [0.1, 0.15) is 11.1 Å². The molecule has 0 saturated carbocycles. The number of hydrogen-bond donors (Lipinski definition) is 2. The van der Waals surface area contributed by atoms with Gasteiger partial charge < -0.3 is 11.1 Å². The van der Waals surface area contributed by atoms with Crippen molar-refractivity contribution in [1.29, 1.82) is 5.26 Å². The van der Waals surface area contributed by atoms with Gasteiger partial charge in [-0.15, -0.1) is 0 Å². The lowest BCUT2D eigenvalue weighted by atomic mass is 10.1. The van der Waals surface area contributed by atoms with Crippen molar-refractivity contribution in [2.24, 2.45) is 0 Å². The van der Waals surface area contributed by atoms with Gasteiger partial charge in [-0.2, -0.15) is 5.26 Å². The Morgan fingerprint density at radius 3 is 2.63 bits per heavy atom. The van der Waals surface area contributed by atoms with Crippen LogP contribution in [0.2, 0.25) is 0 Å². The zero-order chi connectivity index (χ0) is 13.8. The molecule has 3 N–H and O–H groups in total. The lowest BCUT2D eigenvalue weighted by Crippen LogP contribution is -2.04. The highest BCUT2D eigenvalue weighted by molar-refractivity contribution is 5.68. The monoisotopic (exact) mass is 259 g/mol. The molecule has 5 heteroatoms. The fourth-order valence-corrected chi connectivity index (χ4v) is 1.63. The number of nitrogen functional groups attached to an aromatic ring is 1. The molecule has 0 fully saturated rings. The average molecular weight is 259 g/mol. The molecule has 0 heterocycles. The Morgan fingerprint density at radius 2 is 1.95 bits per heavy atom. The summed E-state index contributed by atoms with van der Waals surface area (Å²) in [6, 6.07) is 10.1. The molecule has 3 nitrogen and oxygen atoms in total. The van der Waals surface area contributed by atoms with E-state index in [1.807, 2.05) is 6.07 Å². The third kappa shape index (κ3) is 2.99. The minimum Gasteiger partial charge on any atom is -0.397 e. The second-order valence-electron chi connectivity index (χ2n) is 4.00. The van der Waals surface area contributed by atoms with Gasteiger partial charge in [0, 0.05) is 18.2 Å². The second kappa shape index (κ2) is 5.36. The summed E-state index contributed by atoms with van der Waals surface area (Å²) in [6.45, 7) is 0.158. The summed E-state index contributed by atoms with van der Waals surface area (Å²) < 4.78 is 26.2. The first kappa shape index (κ1) is 12.8. The van der Waals surface area contributed by atoms with Crippen molar-refractivity contribution < 1.29 is 8.78 Å². The van der Waals surface area contributed by atoms with Crippen molar-refractivity contribution in [2.75, 3.05) is 11.1 Å². The van der Waals surface area contributed by atoms with Gasteiger partial charge in [-0.25, -0.2) is 8.78 Å². The van der Waals surface area contributed by atoms with Crippen molar-refractivity contribution >= 4 is 11.4 Å². The standard InChI is InChI=1S/C14H11F2N3/c15-11-3-2-10(12(16)6-11)8-19-14-5-9(7-17)1-4-13(14)18/h1-6,19H,8,18H2. The topological polar surface area (TPSA) is 61.8 Å². The highest BCUT2D eigenvalue weighted by Crippen LogP contribution is 2.21. The van der Waals surface area contributed by atoms with Crippen LogP contribution in [-0.2, 0) is 6.54 Å². The van der Waals surface area contributed by atoms with Crippen LogP contribution in [0, 0.1) is 23.0 Å². The van der Waals surface area contributed by atoms with Gasteiger partial charge in [0.05, 0.1) is 23.0 Å². The predicted molar refractivity (Wildman–Crippen MR) is 69.3 cm³/mol. The van der Waals surface area contributed by atoms with Gasteiger partial charge in [0.1, 0.15) is 11.6 Å². The van der Waals surface area contributed by atoms with Gasteiger partial charge in [-0.1, -0.05) is 6.07 Å². The third-order valence-corrected chi connectivity index (χ3v) is 2.67. The Kier molecular flexibility index (Phi) is 3.62. The van der Waals surface area contributed by atoms with Crippen LogP contribution >= 0.6 is 0 Å². The maximum absolute atomic E-state index is 13.4. The van der Waals surface area contributed by atoms with E-state index in [9.17, 15) is 8.78 Å². The Bertz CT molecular complexity index is 648. The van der Waals surface area contributed by atoms with Crippen molar-refractivity contribution in [1.82, 2.24) is 0 Å². The largest absolute Gasteiger partial charge is 0.397 e. The van der Waals surface area contributed by atoms with E-state index in [1.165, 1.54) is 12.1 Å². The quantitative estimate of drug-likeness (QED) is 0.833. The van der Waals surface area contributed by atoms with Crippen LogP contribution in [0.3, 0.4) is 0 Å². The first-order valence-electron chi connectivity index (χ1n) is 5.57. The molecule has 0 unspecified atom stereocenters. The number of halogens is 2. The molecule has 0 aliphatic heterocycles. The second-order valence-corrected chi connectivity index (χ2v) is 4.00. The summed E-state index contributed by atoms with van der Waals surface area (Å²) >= 11 is 0. The lowest BCUT2D eigenvalue weighted by Gasteiger charge is -2.10. The molecule has 2 rings (SSSR count). The first-order chi connectivity index (χ1) is 9.10. The highest BCUT2D eigenvalue weighted by Gasteiger charge is 2.05. The minimum absolute atomic E-state index is 0.158. The van der Waals surface area contributed by atoms with Gasteiger partial charge >= 0.3 is 0 Å². The zero-order valence-electron chi connectivity index (χ0n) is 9.95. The number of nitriles is 1. The van der Waals surface area contributed by atoms with E-state index in [0.29, 0.717) is 22.5 Å². The molecule has 19 heavy (non-hydrogen) atoms. The Morgan fingerprint density at radius 1 is 1.16 bits per heavy atom. The SMILES string of the molecule is N#Cc1ccc(N)c(NCc2ccc(F)cc2F)c1. The smallest absolute Gasteiger partial charge is 0.131 e. The number of nitrogens with one attached hydrogen (secondary N) is 1. The molecule has 0 saturated heterocycles. The molecule has 0 atom stereocenters. The summed E-state index contributed by atoms with van der Waals surface area (Å²) in [4.78, 5) is 0. The molecule has 0 radical (unpaired) electrons. The summed E-state index contributed by atoms with van der Waals surface area (Å²) in [7, 11) is 0. The van der Waals surface area contributed by atoms with Gasteiger partial charge in [0.25, 0.3) is 0 Å². The predicted octanol–water partition coefficient (Wildman–Crippen LogP) is 3.03. The zero-order valence-corrected chi connectivity index (χ0v) is 9.95. The number of hydrogen-bond acceptors (Lipinski definition) is 3. The Balaban J connectivity index is 2.16. The van der Waals surface area contributed by atoms with E-state index < -0.39 is 11.6 Å². The summed E-state index contributed by atoms with van der Waals surface area (Å²) in [6.07, 6.45) is 0. The van der Waals surface area contributed by atoms with E-state index in [4.69, 9.17) is 11.0 Å². The molecule has 0 aliphatic rings. The summed E-state index contributed by atoms with van der Waals surface area (Å²) in [5.74, 6) is -1.24. The van der Waals surface area contributed by atoms with Crippen LogP contribution in [0.15, 0.2) is 36.4 Å². The van der Waals surface area contributed by atoms with Crippen LogP contribution in [-0.4, -0.2) is 0 Å². The maximum atomic E-state index is 13.4. The first-order valence-corrected chi connectivity index (χ1v) is 5.57. The van der Waals surface area contributed by atoms with Gasteiger partial charge in [-0.3, -0.25) is 0 Å². The van der Waals surface area contributed by atoms with Gasteiger partial charge in [0.2, 0.25) is 0 Å². The van der Waals surface area contributed by atoms with Crippen LogP contribution in [0.25, 0.3) is 0 Å². The van der Waals surface area contributed by atoms with Gasteiger partial charge in [0.15, 0.2) is 0 Å². The average Bonchev–Trinajstić information content (AvgIpc) is 2.39. The van der Waals surface area contributed by atoms with E-state index in [-0.39, 0.29) is 6.54 Å². The fourth-order valence-electron chi connectivity index (χ4n) is 1.63. The number of nitrogens with zero attached hydrogens (tertiary/aromatic N) is 1. The molecular formula is C14H11F2N3. The Hall–Kier alpha value is -2.61. The van der Waals surface area contributed by atoms with E-state index >= 15 is 0 Å². The van der Waals surface area contributed by atoms with E-state index in [0.717, 1.165) is 6.07 Å². The summed E-state index contributed by atoms with van der Waals surface area (Å²) in [5.41, 5.74) is 7.53. The fraction of sp³-hybridized carbons (Fsp3) is 0.0714. The Labute approximate surface area is 109 Å². The number of benzene rings is 2. The molecule has 0 amide bonds. The molecule has 2 aromatic rings. The molecule has 96 valence electrons. The molecule has 0 bridgehead atoms. The molecule has 0 aliphatic carbocycles. The van der Waals surface area contributed by atoms with Crippen molar-refractivity contribution in [3.8, 4) is 6.07 Å². The summed E-state index contributed by atoms with van der Waals surface area (Å²) in [5, 5.41) is 11.7. The highest BCUT2D eigenvalue weighted by atomic mass is 19.1. The van der Waals surface area contributed by atoms with Gasteiger partial charge in [-0.05, 0) is 24.3 Å². The molecule has 0 spiro atoms. The number of nitrogens with two attached hydrogens (primary N) is 1. The lowest BCUT2D eigenvalue weighted by molar-refractivity contribution is 0.574.